The van der Waals surface area contributed by atoms with Gasteiger partial charge in [-0.3, -0.25) is 4.99 Å². The number of guanidine groups is 1. The molecule has 1 fully saturated rings. The summed E-state index contributed by atoms with van der Waals surface area (Å²) in [6, 6.07) is 8.40. The highest BCUT2D eigenvalue weighted by Crippen LogP contribution is 2.23. The van der Waals surface area contributed by atoms with Crippen molar-refractivity contribution in [1.82, 2.24) is 10.6 Å². The lowest BCUT2D eigenvalue weighted by Crippen LogP contribution is -2.45. The van der Waals surface area contributed by atoms with Gasteiger partial charge in [0.1, 0.15) is 0 Å². The lowest BCUT2D eigenvalue weighted by molar-refractivity contribution is 0.152. The molecule has 0 amide bonds. The van der Waals surface area contributed by atoms with Crippen molar-refractivity contribution in [2.75, 3.05) is 44.8 Å². The highest BCUT2D eigenvalue weighted by atomic mass is 127. The van der Waals surface area contributed by atoms with Gasteiger partial charge in [0.2, 0.25) is 0 Å². The Morgan fingerprint density at radius 1 is 1.48 bits per heavy atom. The van der Waals surface area contributed by atoms with E-state index in [0.29, 0.717) is 12.6 Å². The second-order valence-electron chi connectivity index (χ2n) is 5.25. The number of rotatable bonds is 6. The molecular formula is C16H26ClIN4O. The second kappa shape index (κ2) is 10.9. The Morgan fingerprint density at radius 2 is 2.30 bits per heavy atom. The number of hydrogen-bond acceptors (Lipinski definition) is 3. The maximum Gasteiger partial charge on any atom is 0.191 e. The van der Waals surface area contributed by atoms with Crippen LogP contribution in [0, 0.1) is 0 Å². The molecule has 0 saturated carbocycles. The minimum Gasteiger partial charge on any atom is -0.380 e. The van der Waals surface area contributed by atoms with Gasteiger partial charge in [-0.15, -0.1) is 24.0 Å². The molecule has 1 heterocycles. The van der Waals surface area contributed by atoms with E-state index in [4.69, 9.17) is 16.3 Å². The van der Waals surface area contributed by atoms with Crippen LogP contribution in [-0.4, -0.2) is 51.9 Å². The van der Waals surface area contributed by atoms with Gasteiger partial charge < -0.3 is 20.3 Å². The topological polar surface area (TPSA) is 48.9 Å². The monoisotopic (exact) mass is 452 g/mol. The number of ether oxygens (including phenoxy) is 1. The lowest BCUT2D eigenvalue weighted by atomic mass is 10.3. The molecule has 0 spiro atoms. The number of benzene rings is 1. The molecule has 1 aromatic carbocycles. The number of nitrogens with zero attached hydrogens (tertiary/aromatic N) is 2. The predicted octanol–water partition coefficient (Wildman–Crippen LogP) is 2.74. The van der Waals surface area contributed by atoms with Gasteiger partial charge in [0.05, 0.1) is 6.61 Å². The maximum atomic E-state index is 6.07. The maximum absolute atomic E-state index is 6.07. The van der Waals surface area contributed by atoms with Gasteiger partial charge in [-0.2, -0.15) is 0 Å². The predicted molar refractivity (Wildman–Crippen MR) is 108 cm³/mol. The molecule has 1 aliphatic rings. The molecule has 0 aliphatic carbocycles. The minimum atomic E-state index is 0. The van der Waals surface area contributed by atoms with E-state index in [9.17, 15) is 0 Å². The third-order valence-corrected chi connectivity index (χ3v) is 3.90. The summed E-state index contributed by atoms with van der Waals surface area (Å²) in [5.41, 5.74) is 1.18. The number of aliphatic imine (C=N–C) groups is 1. The quantitative estimate of drug-likeness (QED) is 0.302. The van der Waals surface area contributed by atoms with Gasteiger partial charge in [0, 0.05) is 50.0 Å². The standard InChI is InChI=1S/C16H25ClN4O.HI/c1-3-22-10-8-19-16(18-2)20-14-7-9-21(12-14)15-6-4-5-13(17)11-15;/h4-6,11,14H,3,7-10,12H2,1-2H3,(H2,18,19,20);1H. The van der Waals surface area contributed by atoms with Gasteiger partial charge in [-0.25, -0.2) is 0 Å². The summed E-state index contributed by atoms with van der Waals surface area (Å²) in [7, 11) is 1.79. The fraction of sp³-hybridized carbons (Fsp3) is 0.562. The van der Waals surface area contributed by atoms with Gasteiger partial charge >= 0.3 is 0 Å². The Morgan fingerprint density at radius 3 is 3.00 bits per heavy atom. The molecule has 23 heavy (non-hydrogen) atoms. The van der Waals surface area contributed by atoms with Crippen molar-refractivity contribution in [3.05, 3.63) is 29.3 Å². The number of nitrogens with one attached hydrogen (secondary N) is 2. The van der Waals surface area contributed by atoms with Crippen LogP contribution < -0.4 is 15.5 Å². The third-order valence-electron chi connectivity index (χ3n) is 3.67. The van der Waals surface area contributed by atoms with Crippen LogP contribution in [0.15, 0.2) is 29.3 Å². The summed E-state index contributed by atoms with van der Waals surface area (Å²) in [4.78, 5) is 6.60. The first-order valence-corrected chi connectivity index (χ1v) is 8.16. The molecule has 0 bridgehead atoms. The first-order valence-electron chi connectivity index (χ1n) is 7.78. The van der Waals surface area contributed by atoms with Crippen molar-refractivity contribution in [2.45, 2.75) is 19.4 Å². The van der Waals surface area contributed by atoms with Crippen molar-refractivity contribution >= 4 is 47.2 Å². The van der Waals surface area contributed by atoms with Gasteiger partial charge in [-0.1, -0.05) is 17.7 Å². The molecule has 2 N–H and O–H groups in total. The Kier molecular flexibility index (Phi) is 9.66. The molecule has 1 saturated heterocycles. The van der Waals surface area contributed by atoms with E-state index in [1.54, 1.807) is 7.05 Å². The minimum absolute atomic E-state index is 0. The molecule has 1 aromatic rings. The molecular weight excluding hydrogens is 427 g/mol. The highest BCUT2D eigenvalue weighted by Gasteiger charge is 2.23. The van der Waals surface area contributed by atoms with Gasteiger partial charge in [-0.05, 0) is 31.5 Å². The molecule has 1 aliphatic heterocycles. The van der Waals surface area contributed by atoms with Crippen molar-refractivity contribution < 1.29 is 4.74 Å². The number of anilines is 1. The smallest absolute Gasteiger partial charge is 0.191 e. The number of halogens is 2. The van der Waals surface area contributed by atoms with Crippen LogP contribution >= 0.6 is 35.6 Å². The number of hydrogen-bond donors (Lipinski definition) is 2. The van der Waals surface area contributed by atoms with Crippen LogP contribution in [0.3, 0.4) is 0 Å². The van der Waals surface area contributed by atoms with Gasteiger partial charge in [0.15, 0.2) is 5.96 Å². The molecule has 2 rings (SSSR count). The lowest BCUT2D eigenvalue weighted by Gasteiger charge is -2.20. The van der Waals surface area contributed by atoms with Crippen LogP contribution in [0.1, 0.15) is 13.3 Å². The summed E-state index contributed by atoms with van der Waals surface area (Å²) in [6.07, 6.45) is 1.08. The summed E-state index contributed by atoms with van der Waals surface area (Å²) in [6.45, 7) is 6.16. The van der Waals surface area contributed by atoms with E-state index < -0.39 is 0 Å². The third kappa shape index (κ3) is 6.73. The van der Waals surface area contributed by atoms with Crippen LogP contribution in [0.4, 0.5) is 5.69 Å². The van der Waals surface area contributed by atoms with E-state index in [-0.39, 0.29) is 24.0 Å². The Balaban J connectivity index is 0.00000264. The SMILES string of the molecule is CCOCCNC(=NC)NC1CCN(c2cccc(Cl)c2)C1.I. The van der Waals surface area contributed by atoms with Crippen LogP contribution in [0.25, 0.3) is 0 Å². The Hall–Kier alpha value is -0.730. The molecule has 7 heteroatoms. The molecule has 0 radical (unpaired) electrons. The zero-order chi connectivity index (χ0) is 15.8. The second-order valence-corrected chi connectivity index (χ2v) is 5.69. The van der Waals surface area contributed by atoms with E-state index in [2.05, 4.69) is 26.6 Å². The first-order chi connectivity index (χ1) is 10.7. The molecule has 0 aromatic heterocycles. The average molecular weight is 453 g/mol. The summed E-state index contributed by atoms with van der Waals surface area (Å²) < 4.78 is 5.32. The average Bonchev–Trinajstić information content (AvgIpc) is 2.99. The van der Waals surface area contributed by atoms with Crippen molar-refractivity contribution in [3.8, 4) is 0 Å². The largest absolute Gasteiger partial charge is 0.380 e. The van der Waals surface area contributed by atoms with Crippen LogP contribution in [0.5, 0.6) is 0 Å². The van der Waals surface area contributed by atoms with Crippen LogP contribution in [-0.2, 0) is 4.74 Å². The molecule has 5 nitrogen and oxygen atoms in total. The fourth-order valence-electron chi connectivity index (χ4n) is 2.56. The van der Waals surface area contributed by atoms with Crippen molar-refractivity contribution in [3.63, 3.8) is 0 Å². The Labute approximate surface area is 160 Å². The van der Waals surface area contributed by atoms with Crippen molar-refractivity contribution in [1.29, 1.82) is 0 Å². The van der Waals surface area contributed by atoms with E-state index >= 15 is 0 Å². The summed E-state index contributed by atoms with van der Waals surface area (Å²) >= 11 is 6.07. The van der Waals surface area contributed by atoms with E-state index in [0.717, 1.165) is 43.6 Å². The van der Waals surface area contributed by atoms with E-state index in [1.807, 2.05) is 25.1 Å². The highest BCUT2D eigenvalue weighted by molar-refractivity contribution is 14.0. The fourth-order valence-corrected chi connectivity index (χ4v) is 2.74. The zero-order valence-corrected chi connectivity index (χ0v) is 16.8. The van der Waals surface area contributed by atoms with E-state index in [1.165, 1.54) is 5.69 Å². The van der Waals surface area contributed by atoms with Crippen LogP contribution in [0.2, 0.25) is 5.02 Å². The first kappa shape index (κ1) is 20.3. The normalized spacial score (nSPS) is 17.8. The molecule has 1 atom stereocenters. The summed E-state index contributed by atoms with van der Waals surface area (Å²) in [5, 5.41) is 7.51. The molecule has 130 valence electrons. The van der Waals surface area contributed by atoms with Crippen molar-refractivity contribution in [2.24, 2.45) is 4.99 Å². The van der Waals surface area contributed by atoms with Gasteiger partial charge in [0.25, 0.3) is 0 Å². The zero-order valence-electron chi connectivity index (χ0n) is 13.7. The summed E-state index contributed by atoms with van der Waals surface area (Å²) in [5.74, 6) is 0.831. The molecule has 1 unspecified atom stereocenters. The Bertz CT molecular complexity index is 501.